The SMILES string of the molecule is COc1ccc(CN(NC(=O)c2ccc3[nH]ccc3c2)C(N)=S)cc1. The second kappa shape index (κ2) is 7.23. The molecule has 7 heteroatoms. The summed E-state index contributed by atoms with van der Waals surface area (Å²) in [4.78, 5) is 15.6. The van der Waals surface area contributed by atoms with Crippen molar-refractivity contribution in [1.29, 1.82) is 0 Å². The Labute approximate surface area is 150 Å². The number of hydrazine groups is 1. The summed E-state index contributed by atoms with van der Waals surface area (Å²) in [6, 6.07) is 14.8. The first kappa shape index (κ1) is 16.8. The Balaban J connectivity index is 1.73. The predicted octanol–water partition coefficient (Wildman–Crippen LogP) is 2.57. The molecule has 0 spiro atoms. The fourth-order valence-electron chi connectivity index (χ4n) is 2.47. The highest BCUT2D eigenvalue weighted by molar-refractivity contribution is 7.80. The zero-order valence-corrected chi connectivity index (χ0v) is 14.5. The number of carbonyl (C=O) groups is 1. The Morgan fingerprint density at radius 2 is 2.00 bits per heavy atom. The number of amides is 1. The molecule has 128 valence electrons. The molecule has 2 aromatic carbocycles. The molecule has 0 saturated heterocycles. The largest absolute Gasteiger partial charge is 0.497 e. The molecule has 0 radical (unpaired) electrons. The number of aromatic amines is 1. The third-order valence-electron chi connectivity index (χ3n) is 3.82. The number of benzene rings is 2. The molecule has 0 aliphatic carbocycles. The lowest BCUT2D eigenvalue weighted by atomic mass is 10.1. The van der Waals surface area contributed by atoms with Crippen LogP contribution in [0, 0.1) is 0 Å². The Bertz CT molecular complexity index is 905. The molecule has 25 heavy (non-hydrogen) atoms. The number of methoxy groups -OCH3 is 1. The van der Waals surface area contributed by atoms with Gasteiger partial charge < -0.3 is 15.5 Å². The Morgan fingerprint density at radius 3 is 2.68 bits per heavy atom. The van der Waals surface area contributed by atoms with Crippen LogP contribution < -0.4 is 15.9 Å². The van der Waals surface area contributed by atoms with Crippen LogP contribution in [0.1, 0.15) is 15.9 Å². The highest BCUT2D eigenvalue weighted by Gasteiger charge is 2.14. The molecule has 1 amide bonds. The summed E-state index contributed by atoms with van der Waals surface area (Å²) in [5, 5.41) is 2.50. The molecule has 6 nitrogen and oxygen atoms in total. The number of thiocarbonyl (C=S) groups is 1. The van der Waals surface area contributed by atoms with Crippen molar-refractivity contribution in [3.8, 4) is 5.75 Å². The normalized spacial score (nSPS) is 10.4. The van der Waals surface area contributed by atoms with Crippen molar-refractivity contribution >= 4 is 34.1 Å². The van der Waals surface area contributed by atoms with Gasteiger partial charge in [-0.3, -0.25) is 15.2 Å². The molecule has 0 aliphatic rings. The highest BCUT2D eigenvalue weighted by Crippen LogP contribution is 2.15. The van der Waals surface area contributed by atoms with Crippen LogP contribution in [0.15, 0.2) is 54.7 Å². The van der Waals surface area contributed by atoms with Crippen molar-refractivity contribution in [2.45, 2.75) is 6.54 Å². The third kappa shape index (κ3) is 3.89. The van der Waals surface area contributed by atoms with E-state index in [0.717, 1.165) is 22.2 Å². The Hall–Kier alpha value is -3.06. The van der Waals surface area contributed by atoms with Crippen molar-refractivity contribution in [3.63, 3.8) is 0 Å². The minimum atomic E-state index is -0.274. The molecule has 1 aromatic heterocycles. The molecule has 0 saturated carbocycles. The number of hydrogen-bond donors (Lipinski definition) is 3. The van der Waals surface area contributed by atoms with E-state index in [0.29, 0.717) is 12.1 Å². The van der Waals surface area contributed by atoms with E-state index in [1.54, 1.807) is 13.2 Å². The summed E-state index contributed by atoms with van der Waals surface area (Å²) in [5.41, 5.74) is 11.0. The van der Waals surface area contributed by atoms with Gasteiger partial charge in [0.1, 0.15) is 5.75 Å². The second-order valence-corrected chi connectivity index (χ2v) is 5.91. The topological polar surface area (TPSA) is 83.4 Å². The molecule has 0 unspecified atom stereocenters. The zero-order valence-electron chi connectivity index (χ0n) is 13.7. The fraction of sp³-hybridized carbons (Fsp3) is 0.111. The number of fused-ring (bicyclic) bond motifs is 1. The Kier molecular flexibility index (Phi) is 4.85. The number of aromatic nitrogens is 1. The minimum absolute atomic E-state index is 0.0897. The lowest BCUT2D eigenvalue weighted by molar-refractivity contribution is 0.0866. The molecule has 0 bridgehead atoms. The van der Waals surface area contributed by atoms with Crippen LogP contribution in [0.3, 0.4) is 0 Å². The molecule has 4 N–H and O–H groups in total. The molecular weight excluding hydrogens is 336 g/mol. The van der Waals surface area contributed by atoms with Gasteiger partial charge in [0, 0.05) is 22.7 Å². The second-order valence-electron chi connectivity index (χ2n) is 5.49. The average Bonchev–Trinajstić information content (AvgIpc) is 3.09. The van der Waals surface area contributed by atoms with Crippen LogP contribution in [0.2, 0.25) is 0 Å². The van der Waals surface area contributed by atoms with Gasteiger partial charge in [-0.05, 0) is 54.2 Å². The van der Waals surface area contributed by atoms with Crippen molar-refractivity contribution in [2.24, 2.45) is 5.73 Å². The number of H-pyrrole nitrogens is 1. The van der Waals surface area contributed by atoms with E-state index in [2.05, 4.69) is 10.4 Å². The van der Waals surface area contributed by atoms with E-state index >= 15 is 0 Å². The van der Waals surface area contributed by atoms with E-state index in [1.165, 1.54) is 5.01 Å². The van der Waals surface area contributed by atoms with Gasteiger partial charge in [-0.25, -0.2) is 0 Å². The van der Waals surface area contributed by atoms with Gasteiger partial charge in [0.15, 0.2) is 5.11 Å². The van der Waals surface area contributed by atoms with E-state index < -0.39 is 0 Å². The van der Waals surface area contributed by atoms with Crippen LogP contribution >= 0.6 is 12.2 Å². The standard InChI is InChI=1S/C18H18N4O2S/c1-24-15-5-2-12(3-6-15)11-22(18(19)25)21-17(23)14-4-7-16-13(10-14)8-9-20-16/h2-10,20H,11H2,1H3,(H2,19,25)(H,21,23). The maximum absolute atomic E-state index is 12.5. The quantitative estimate of drug-likeness (QED) is 0.495. The van der Waals surface area contributed by atoms with E-state index in [9.17, 15) is 4.79 Å². The highest BCUT2D eigenvalue weighted by atomic mass is 32.1. The first-order valence-corrected chi connectivity index (χ1v) is 8.05. The number of hydrogen-bond acceptors (Lipinski definition) is 3. The van der Waals surface area contributed by atoms with Crippen LogP contribution in [0.4, 0.5) is 0 Å². The van der Waals surface area contributed by atoms with Crippen molar-refractivity contribution in [3.05, 3.63) is 65.9 Å². The fourth-order valence-corrected chi connectivity index (χ4v) is 2.58. The maximum Gasteiger partial charge on any atom is 0.269 e. The summed E-state index contributed by atoms with van der Waals surface area (Å²) >= 11 is 5.06. The van der Waals surface area contributed by atoms with E-state index in [-0.39, 0.29) is 11.0 Å². The van der Waals surface area contributed by atoms with Gasteiger partial charge in [-0.1, -0.05) is 12.1 Å². The van der Waals surface area contributed by atoms with Gasteiger partial charge in [0.25, 0.3) is 5.91 Å². The van der Waals surface area contributed by atoms with Gasteiger partial charge in [-0.15, -0.1) is 0 Å². The molecule has 3 rings (SSSR count). The number of rotatable bonds is 4. The number of nitrogens with two attached hydrogens (primary N) is 1. The van der Waals surface area contributed by atoms with Crippen LogP contribution in [0.5, 0.6) is 5.75 Å². The number of ether oxygens (including phenoxy) is 1. The Morgan fingerprint density at radius 1 is 1.24 bits per heavy atom. The van der Waals surface area contributed by atoms with Crippen LogP contribution in [0.25, 0.3) is 10.9 Å². The number of nitrogens with zero attached hydrogens (tertiary/aromatic N) is 1. The van der Waals surface area contributed by atoms with Crippen molar-refractivity contribution in [2.75, 3.05) is 7.11 Å². The minimum Gasteiger partial charge on any atom is -0.497 e. The van der Waals surface area contributed by atoms with Crippen molar-refractivity contribution < 1.29 is 9.53 Å². The maximum atomic E-state index is 12.5. The van der Waals surface area contributed by atoms with Gasteiger partial charge in [0.2, 0.25) is 0 Å². The van der Waals surface area contributed by atoms with Crippen molar-refractivity contribution in [1.82, 2.24) is 15.4 Å². The monoisotopic (exact) mass is 354 g/mol. The van der Waals surface area contributed by atoms with Gasteiger partial charge in [-0.2, -0.15) is 0 Å². The number of nitrogens with one attached hydrogen (secondary N) is 2. The third-order valence-corrected chi connectivity index (χ3v) is 4.04. The molecule has 1 heterocycles. The molecule has 0 atom stereocenters. The molecule has 0 fully saturated rings. The van der Waals surface area contributed by atoms with E-state index in [4.69, 9.17) is 22.7 Å². The van der Waals surface area contributed by atoms with Gasteiger partial charge >= 0.3 is 0 Å². The average molecular weight is 354 g/mol. The molecular formula is C18H18N4O2S. The zero-order chi connectivity index (χ0) is 17.8. The smallest absolute Gasteiger partial charge is 0.269 e. The van der Waals surface area contributed by atoms with Gasteiger partial charge in [0.05, 0.1) is 13.7 Å². The first-order chi connectivity index (χ1) is 12.1. The molecule has 3 aromatic rings. The summed E-state index contributed by atoms with van der Waals surface area (Å²) in [7, 11) is 1.61. The summed E-state index contributed by atoms with van der Waals surface area (Å²) in [5.74, 6) is 0.485. The molecule has 0 aliphatic heterocycles. The predicted molar refractivity (Wildman–Crippen MR) is 101 cm³/mol. The summed E-state index contributed by atoms with van der Waals surface area (Å²) < 4.78 is 5.14. The first-order valence-electron chi connectivity index (χ1n) is 7.65. The van der Waals surface area contributed by atoms with E-state index in [1.807, 2.05) is 48.7 Å². The lowest BCUT2D eigenvalue weighted by Crippen LogP contribution is -2.48. The lowest BCUT2D eigenvalue weighted by Gasteiger charge is -2.23. The summed E-state index contributed by atoms with van der Waals surface area (Å²) in [6.07, 6.45) is 1.83. The number of carbonyl (C=O) groups excluding carboxylic acids is 1. The van der Waals surface area contributed by atoms with Crippen LogP contribution in [-0.4, -0.2) is 28.1 Å². The van der Waals surface area contributed by atoms with Crippen LogP contribution in [-0.2, 0) is 6.54 Å². The summed E-state index contributed by atoms with van der Waals surface area (Å²) in [6.45, 7) is 0.359.